The number of hydrogen-bond donors (Lipinski definition) is 1. The fourth-order valence-corrected chi connectivity index (χ4v) is 5.31. The van der Waals surface area contributed by atoms with Gasteiger partial charge in [0.2, 0.25) is 5.91 Å². The van der Waals surface area contributed by atoms with E-state index in [0.29, 0.717) is 36.9 Å². The predicted octanol–water partition coefficient (Wildman–Crippen LogP) is 4.74. The first kappa shape index (κ1) is 22.6. The smallest absolute Gasteiger partial charge is 0.271 e. The monoisotopic (exact) mass is 463 g/mol. The van der Waals surface area contributed by atoms with Gasteiger partial charge in [-0.2, -0.15) is 0 Å². The summed E-state index contributed by atoms with van der Waals surface area (Å²) in [6.45, 7) is 7.41. The van der Waals surface area contributed by atoms with Crippen LogP contribution in [0.5, 0.6) is 5.75 Å². The molecule has 7 heteroatoms. The third-order valence-electron chi connectivity index (χ3n) is 7.46. The van der Waals surface area contributed by atoms with Crippen LogP contribution in [0.4, 0.5) is 0 Å². The van der Waals surface area contributed by atoms with E-state index in [1.54, 1.807) is 17.2 Å². The van der Waals surface area contributed by atoms with Gasteiger partial charge in [-0.25, -0.2) is 0 Å². The molecule has 1 aromatic carbocycles. The summed E-state index contributed by atoms with van der Waals surface area (Å²) in [5.41, 5.74) is 1.97. The molecule has 34 heavy (non-hydrogen) atoms. The van der Waals surface area contributed by atoms with Gasteiger partial charge in [0.25, 0.3) is 5.91 Å². The Bertz CT molecular complexity index is 1190. The number of rotatable bonds is 6. The van der Waals surface area contributed by atoms with Gasteiger partial charge in [0.1, 0.15) is 17.0 Å². The van der Waals surface area contributed by atoms with Crippen LogP contribution in [0, 0.1) is 5.92 Å². The lowest BCUT2D eigenvalue weighted by Crippen LogP contribution is -2.64. The molecule has 2 amide bonds. The molecule has 7 nitrogen and oxygen atoms in total. The van der Waals surface area contributed by atoms with Gasteiger partial charge in [0.15, 0.2) is 5.58 Å². The first-order valence-corrected chi connectivity index (χ1v) is 12.3. The Morgan fingerprint density at radius 2 is 1.91 bits per heavy atom. The molecule has 0 saturated heterocycles. The van der Waals surface area contributed by atoms with Crippen molar-refractivity contribution in [2.24, 2.45) is 5.92 Å². The molecule has 1 fully saturated rings. The van der Waals surface area contributed by atoms with Crippen molar-refractivity contribution in [1.29, 1.82) is 0 Å². The summed E-state index contributed by atoms with van der Waals surface area (Å²) in [4.78, 5) is 29.3. The van der Waals surface area contributed by atoms with E-state index in [0.717, 1.165) is 42.5 Å². The summed E-state index contributed by atoms with van der Waals surface area (Å²) >= 11 is 0. The minimum Gasteiger partial charge on any atom is -0.494 e. The van der Waals surface area contributed by atoms with Crippen molar-refractivity contribution >= 4 is 22.9 Å². The molecule has 5 rings (SSSR count). The number of benzene rings is 1. The van der Waals surface area contributed by atoms with Crippen LogP contribution in [-0.4, -0.2) is 39.5 Å². The summed E-state index contributed by atoms with van der Waals surface area (Å²) in [6, 6.07) is 11.5. The van der Waals surface area contributed by atoms with Crippen LogP contribution in [-0.2, 0) is 17.9 Å². The second-order valence-corrected chi connectivity index (χ2v) is 9.96. The molecule has 1 aliphatic heterocycles. The fraction of sp³-hybridized carbons (Fsp3) is 0.481. The Hall–Kier alpha value is -3.22. The van der Waals surface area contributed by atoms with E-state index in [4.69, 9.17) is 9.15 Å². The number of nitrogens with one attached hydrogen (secondary N) is 1. The van der Waals surface area contributed by atoms with Crippen molar-refractivity contribution in [2.45, 2.75) is 71.1 Å². The van der Waals surface area contributed by atoms with Crippen LogP contribution in [0.2, 0.25) is 0 Å². The van der Waals surface area contributed by atoms with Crippen LogP contribution in [0.3, 0.4) is 0 Å². The van der Waals surface area contributed by atoms with E-state index in [1.165, 1.54) is 0 Å². The lowest BCUT2D eigenvalue weighted by Gasteiger charge is -2.45. The van der Waals surface area contributed by atoms with Crippen molar-refractivity contribution in [3.63, 3.8) is 0 Å². The highest BCUT2D eigenvalue weighted by atomic mass is 16.5. The molecule has 0 radical (unpaired) electrons. The van der Waals surface area contributed by atoms with Crippen LogP contribution in [0.25, 0.3) is 11.1 Å². The zero-order chi connectivity index (χ0) is 23.9. The Balaban J connectivity index is 1.47. The topological polar surface area (TPSA) is 76.7 Å². The molecule has 180 valence electrons. The summed E-state index contributed by atoms with van der Waals surface area (Å²) in [5.74, 6) is 1.23. The number of furan rings is 1. The number of carbonyl (C=O) groups is 2. The molecule has 2 aliphatic rings. The molecule has 1 N–H and O–H groups in total. The van der Waals surface area contributed by atoms with E-state index in [1.807, 2.05) is 48.7 Å². The van der Waals surface area contributed by atoms with Crippen molar-refractivity contribution in [1.82, 2.24) is 14.8 Å². The number of fused-ring (bicyclic) bond motifs is 3. The van der Waals surface area contributed by atoms with Gasteiger partial charge < -0.3 is 23.9 Å². The highest BCUT2D eigenvalue weighted by molar-refractivity contribution is 6.02. The molecule has 1 atom stereocenters. The van der Waals surface area contributed by atoms with Crippen molar-refractivity contribution in [2.75, 3.05) is 6.61 Å². The van der Waals surface area contributed by atoms with Crippen LogP contribution >= 0.6 is 0 Å². The quantitative estimate of drug-likeness (QED) is 0.573. The number of nitrogens with zero attached hydrogens (tertiary/aromatic N) is 2. The number of carbonyl (C=O) groups excluding carboxylic acids is 2. The average Bonchev–Trinajstić information content (AvgIpc) is 3.42. The molecular formula is C27H33N3O4. The average molecular weight is 464 g/mol. The zero-order valence-electron chi connectivity index (χ0n) is 20.2. The second kappa shape index (κ2) is 8.85. The molecule has 2 aromatic heterocycles. The molecule has 0 bridgehead atoms. The number of hydrogen-bond acceptors (Lipinski definition) is 4. The third kappa shape index (κ3) is 3.97. The Morgan fingerprint density at radius 3 is 2.62 bits per heavy atom. The van der Waals surface area contributed by atoms with Crippen molar-refractivity contribution in [3.05, 3.63) is 53.9 Å². The van der Waals surface area contributed by atoms with Gasteiger partial charge in [-0.3, -0.25) is 9.59 Å². The normalized spacial score (nSPS) is 24.8. The molecule has 3 heterocycles. The molecule has 1 aliphatic carbocycles. The van der Waals surface area contributed by atoms with E-state index in [9.17, 15) is 9.59 Å². The molecular weight excluding hydrogens is 430 g/mol. The maximum atomic E-state index is 13.8. The summed E-state index contributed by atoms with van der Waals surface area (Å²) in [7, 11) is 0. The minimum atomic E-state index is -1.03. The second-order valence-electron chi connectivity index (χ2n) is 9.96. The first-order chi connectivity index (χ1) is 16.4. The lowest BCUT2D eigenvalue weighted by atomic mass is 9.86. The van der Waals surface area contributed by atoms with Crippen molar-refractivity contribution < 1.29 is 18.7 Å². The van der Waals surface area contributed by atoms with E-state index < -0.39 is 5.54 Å². The number of ether oxygens (including phenoxy) is 1. The highest BCUT2D eigenvalue weighted by Gasteiger charge is 2.48. The van der Waals surface area contributed by atoms with Gasteiger partial charge in [0, 0.05) is 24.7 Å². The maximum Gasteiger partial charge on any atom is 0.271 e. The maximum absolute atomic E-state index is 13.8. The van der Waals surface area contributed by atoms with E-state index in [2.05, 4.69) is 12.2 Å². The van der Waals surface area contributed by atoms with E-state index >= 15 is 0 Å². The molecule has 3 aromatic rings. The molecule has 0 spiro atoms. The van der Waals surface area contributed by atoms with Crippen LogP contribution in [0.15, 0.2) is 47.1 Å². The molecule has 1 unspecified atom stereocenters. The van der Waals surface area contributed by atoms with E-state index in [-0.39, 0.29) is 17.9 Å². The predicted molar refractivity (Wildman–Crippen MR) is 130 cm³/mol. The number of aromatic nitrogens is 1. The van der Waals surface area contributed by atoms with Gasteiger partial charge in [-0.05, 0) is 63.1 Å². The Kier molecular flexibility index (Phi) is 5.88. The Labute approximate surface area is 200 Å². The summed E-state index contributed by atoms with van der Waals surface area (Å²) < 4.78 is 13.0. The van der Waals surface area contributed by atoms with Crippen LogP contribution < -0.4 is 10.1 Å². The SMILES string of the molecule is CCOc1ccc(CN2C(=O)c3cc4occc4n3CC2(C)C(=O)NC2CCC(C)CC2)cc1. The lowest BCUT2D eigenvalue weighted by molar-refractivity contribution is -0.134. The van der Waals surface area contributed by atoms with Gasteiger partial charge in [-0.1, -0.05) is 19.1 Å². The van der Waals surface area contributed by atoms with Gasteiger partial charge in [0.05, 0.1) is 24.9 Å². The minimum absolute atomic E-state index is 0.0951. The zero-order valence-corrected chi connectivity index (χ0v) is 20.2. The summed E-state index contributed by atoms with van der Waals surface area (Å²) in [6.07, 6.45) is 5.82. The van der Waals surface area contributed by atoms with Gasteiger partial charge >= 0.3 is 0 Å². The largest absolute Gasteiger partial charge is 0.494 e. The highest BCUT2D eigenvalue weighted by Crippen LogP contribution is 2.34. The Morgan fingerprint density at radius 1 is 1.18 bits per heavy atom. The van der Waals surface area contributed by atoms with Crippen LogP contribution in [0.1, 0.15) is 62.5 Å². The number of amides is 2. The summed E-state index contributed by atoms with van der Waals surface area (Å²) in [5, 5.41) is 3.29. The van der Waals surface area contributed by atoms with Gasteiger partial charge in [-0.15, -0.1) is 0 Å². The molecule has 1 saturated carbocycles. The standard InChI is InChI=1S/C27H33N3O4/c1-4-33-21-11-7-19(8-12-21)16-30-25(31)23-15-24-22(13-14-34-24)29(23)17-27(30,3)26(32)28-20-9-5-18(2)6-10-20/h7-8,11-15,18,20H,4-6,9-10,16-17H2,1-3H3,(H,28,32). The van der Waals surface area contributed by atoms with Crippen molar-refractivity contribution in [3.8, 4) is 5.75 Å². The third-order valence-corrected chi connectivity index (χ3v) is 7.46. The fourth-order valence-electron chi connectivity index (χ4n) is 5.31. The first-order valence-electron chi connectivity index (χ1n) is 12.3.